The number of amides is 2. The van der Waals surface area contributed by atoms with Gasteiger partial charge in [-0.05, 0) is 12.8 Å². The van der Waals surface area contributed by atoms with Gasteiger partial charge < -0.3 is 16.4 Å². The maximum Gasteiger partial charge on any atom is 0.237 e. The number of hydrogen-bond acceptors (Lipinski definition) is 4. The molecule has 0 spiro atoms. The Labute approximate surface area is 99.9 Å². The number of nitrogens with one attached hydrogen (secondary N) is 2. The van der Waals surface area contributed by atoms with Crippen molar-refractivity contribution >= 4 is 23.6 Å². The lowest BCUT2D eigenvalue weighted by atomic mass is 10.2. The van der Waals surface area contributed by atoms with Crippen molar-refractivity contribution in [3.8, 4) is 0 Å². The molecule has 5 nitrogen and oxygen atoms in total. The highest BCUT2D eigenvalue weighted by atomic mass is 32.2. The summed E-state index contributed by atoms with van der Waals surface area (Å²) >= 11 is 1.79. The summed E-state index contributed by atoms with van der Waals surface area (Å²) in [5, 5.41) is 6.03. The van der Waals surface area contributed by atoms with Crippen molar-refractivity contribution in [3.05, 3.63) is 0 Å². The predicted molar refractivity (Wildman–Crippen MR) is 65.2 cm³/mol. The average molecular weight is 245 g/mol. The third-order valence-electron chi connectivity index (χ3n) is 2.39. The van der Waals surface area contributed by atoms with E-state index in [1.165, 1.54) is 0 Å². The maximum atomic E-state index is 11.6. The van der Waals surface area contributed by atoms with E-state index in [1.54, 1.807) is 11.8 Å². The van der Waals surface area contributed by atoms with E-state index < -0.39 is 0 Å². The minimum absolute atomic E-state index is 0.0603. The number of unbranched alkanes of at least 4 members (excludes halogenated alkanes) is 1. The van der Waals surface area contributed by atoms with Gasteiger partial charge in [0.05, 0.1) is 6.04 Å². The average Bonchev–Trinajstić information content (AvgIpc) is 2.29. The van der Waals surface area contributed by atoms with Crippen molar-refractivity contribution in [1.29, 1.82) is 0 Å². The molecule has 0 aliphatic carbocycles. The lowest BCUT2D eigenvalue weighted by molar-refractivity contribution is -0.122. The number of rotatable bonds is 6. The fourth-order valence-electron chi connectivity index (χ4n) is 1.49. The summed E-state index contributed by atoms with van der Waals surface area (Å²) in [5.74, 6) is 1.69. The van der Waals surface area contributed by atoms with E-state index in [9.17, 15) is 9.59 Å². The molecule has 92 valence electrons. The molecule has 1 aliphatic heterocycles. The molecule has 1 atom stereocenters. The Hall–Kier alpha value is -0.750. The fraction of sp³-hybridized carbons (Fsp3) is 0.800. The van der Waals surface area contributed by atoms with E-state index in [0.29, 0.717) is 13.0 Å². The molecular formula is C10H19N3O2S. The van der Waals surface area contributed by atoms with Crippen LogP contribution in [0.3, 0.4) is 0 Å². The Morgan fingerprint density at radius 3 is 2.88 bits per heavy atom. The van der Waals surface area contributed by atoms with Gasteiger partial charge in [0.15, 0.2) is 0 Å². The molecule has 0 saturated carbocycles. The lowest BCUT2D eigenvalue weighted by Crippen LogP contribution is -2.49. The Morgan fingerprint density at radius 2 is 2.25 bits per heavy atom. The second kappa shape index (κ2) is 7.51. The zero-order valence-corrected chi connectivity index (χ0v) is 10.1. The normalized spacial score (nSPS) is 20.4. The van der Waals surface area contributed by atoms with E-state index in [-0.39, 0.29) is 17.9 Å². The second-order valence-corrected chi connectivity index (χ2v) is 4.95. The third-order valence-corrected chi connectivity index (χ3v) is 3.45. The molecule has 0 radical (unpaired) electrons. The van der Waals surface area contributed by atoms with E-state index in [0.717, 1.165) is 30.9 Å². The molecule has 4 N–H and O–H groups in total. The van der Waals surface area contributed by atoms with Crippen LogP contribution >= 0.6 is 11.8 Å². The molecule has 0 aromatic rings. The van der Waals surface area contributed by atoms with Crippen LogP contribution in [-0.4, -0.2) is 42.5 Å². The predicted octanol–water partition coefficient (Wildman–Crippen LogP) is -0.537. The van der Waals surface area contributed by atoms with Gasteiger partial charge in [0, 0.05) is 31.0 Å². The monoisotopic (exact) mass is 245 g/mol. The van der Waals surface area contributed by atoms with Gasteiger partial charge in [-0.25, -0.2) is 0 Å². The zero-order chi connectivity index (χ0) is 11.8. The van der Waals surface area contributed by atoms with Crippen molar-refractivity contribution in [1.82, 2.24) is 10.6 Å². The Morgan fingerprint density at radius 1 is 1.44 bits per heavy atom. The standard InChI is InChI=1S/C10H19N3O2S/c11-9(14)3-1-2-4-13-10(15)8-7-16-6-5-12-8/h8,12H,1-7H2,(H2,11,14)(H,13,15). The highest BCUT2D eigenvalue weighted by Crippen LogP contribution is 2.07. The van der Waals surface area contributed by atoms with Crippen molar-refractivity contribution in [2.75, 3.05) is 24.6 Å². The van der Waals surface area contributed by atoms with Crippen molar-refractivity contribution in [2.45, 2.75) is 25.3 Å². The number of thioether (sulfide) groups is 1. The summed E-state index contributed by atoms with van der Waals surface area (Å²) in [7, 11) is 0. The molecule has 1 saturated heterocycles. The van der Waals surface area contributed by atoms with Gasteiger partial charge in [-0.3, -0.25) is 9.59 Å². The highest BCUT2D eigenvalue weighted by molar-refractivity contribution is 7.99. The molecule has 1 heterocycles. The number of primary amides is 1. The van der Waals surface area contributed by atoms with Gasteiger partial charge in [0.25, 0.3) is 0 Å². The number of nitrogens with two attached hydrogens (primary N) is 1. The molecule has 0 bridgehead atoms. The second-order valence-electron chi connectivity index (χ2n) is 3.80. The SMILES string of the molecule is NC(=O)CCCCNC(=O)C1CSCCN1. The van der Waals surface area contributed by atoms with E-state index in [2.05, 4.69) is 10.6 Å². The first-order chi connectivity index (χ1) is 7.70. The van der Waals surface area contributed by atoms with Gasteiger partial charge in [0.1, 0.15) is 0 Å². The summed E-state index contributed by atoms with van der Waals surface area (Å²) in [4.78, 5) is 22.1. The van der Waals surface area contributed by atoms with E-state index in [4.69, 9.17) is 5.73 Å². The third kappa shape index (κ3) is 5.37. The molecule has 0 aromatic heterocycles. The largest absolute Gasteiger partial charge is 0.370 e. The van der Waals surface area contributed by atoms with Crippen LogP contribution in [0.1, 0.15) is 19.3 Å². The molecule has 0 aromatic carbocycles. The van der Waals surface area contributed by atoms with Crippen LogP contribution in [-0.2, 0) is 9.59 Å². The fourth-order valence-corrected chi connectivity index (χ4v) is 2.43. The first-order valence-corrected chi connectivity index (χ1v) is 6.73. The molecule has 6 heteroatoms. The van der Waals surface area contributed by atoms with E-state index in [1.807, 2.05) is 0 Å². The molecular weight excluding hydrogens is 226 g/mol. The molecule has 2 amide bonds. The zero-order valence-electron chi connectivity index (χ0n) is 9.33. The molecule has 1 aliphatic rings. The van der Waals surface area contributed by atoms with Crippen LogP contribution < -0.4 is 16.4 Å². The topological polar surface area (TPSA) is 84.2 Å². The highest BCUT2D eigenvalue weighted by Gasteiger charge is 2.19. The van der Waals surface area contributed by atoms with Crippen molar-refractivity contribution < 1.29 is 9.59 Å². The van der Waals surface area contributed by atoms with Crippen molar-refractivity contribution in [2.24, 2.45) is 5.73 Å². The lowest BCUT2D eigenvalue weighted by Gasteiger charge is -2.22. The summed E-state index contributed by atoms with van der Waals surface area (Å²) in [5.41, 5.74) is 5.01. The van der Waals surface area contributed by atoms with Crippen LogP contribution in [0.25, 0.3) is 0 Å². The van der Waals surface area contributed by atoms with Gasteiger partial charge in [-0.15, -0.1) is 0 Å². The van der Waals surface area contributed by atoms with Gasteiger partial charge in [0.2, 0.25) is 11.8 Å². The summed E-state index contributed by atoms with van der Waals surface area (Å²) < 4.78 is 0. The molecule has 16 heavy (non-hydrogen) atoms. The Kier molecular flexibility index (Phi) is 6.25. The quantitative estimate of drug-likeness (QED) is 0.549. The van der Waals surface area contributed by atoms with Gasteiger partial charge in [-0.2, -0.15) is 11.8 Å². The number of hydrogen-bond donors (Lipinski definition) is 3. The van der Waals surface area contributed by atoms with Crippen LogP contribution in [0.5, 0.6) is 0 Å². The summed E-state index contributed by atoms with van der Waals surface area (Å²) in [6.45, 7) is 1.51. The van der Waals surface area contributed by atoms with Crippen LogP contribution in [0.15, 0.2) is 0 Å². The summed E-state index contributed by atoms with van der Waals surface area (Å²) in [6.07, 6.45) is 1.93. The van der Waals surface area contributed by atoms with Gasteiger partial charge >= 0.3 is 0 Å². The summed E-state index contributed by atoms with van der Waals surface area (Å²) in [6, 6.07) is -0.0603. The first kappa shape index (κ1) is 13.3. The molecule has 1 fully saturated rings. The Bertz CT molecular complexity index is 242. The number of carbonyl (C=O) groups excluding carboxylic acids is 2. The number of carbonyl (C=O) groups is 2. The Balaban J connectivity index is 2.03. The first-order valence-electron chi connectivity index (χ1n) is 5.57. The molecule has 1 rings (SSSR count). The molecule has 1 unspecified atom stereocenters. The smallest absolute Gasteiger partial charge is 0.237 e. The van der Waals surface area contributed by atoms with Crippen LogP contribution in [0.4, 0.5) is 0 Å². The maximum absolute atomic E-state index is 11.6. The van der Waals surface area contributed by atoms with Gasteiger partial charge in [-0.1, -0.05) is 0 Å². The minimum atomic E-state index is -0.281. The van der Waals surface area contributed by atoms with Crippen LogP contribution in [0.2, 0.25) is 0 Å². The van der Waals surface area contributed by atoms with E-state index >= 15 is 0 Å². The van der Waals surface area contributed by atoms with Crippen molar-refractivity contribution in [3.63, 3.8) is 0 Å². The van der Waals surface area contributed by atoms with Crippen LogP contribution in [0, 0.1) is 0 Å². The minimum Gasteiger partial charge on any atom is -0.370 e.